The molecule has 2 aromatic carbocycles. The van der Waals surface area contributed by atoms with E-state index in [2.05, 4.69) is 10.3 Å². The number of benzene rings is 2. The van der Waals surface area contributed by atoms with E-state index in [4.69, 9.17) is 0 Å². The maximum atomic E-state index is 12.5. The Balaban J connectivity index is 1.64. The number of hydrogen-bond acceptors (Lipinski definition) is 4. The van der Waals surface area contributed by atoms with Crippen LogP contribution in [0.4, 0.5) is 14.5 Å². The SMILES string of the molecule is O=S(=O)(c1ccc(NCc2ccc(-n3ccnc3)cc2)cc1)C(F)F. The molecule has 1 N–H and O–H groups in total. The maximum absolute atomic E-state index is 12.5. The molecule has 0 radical (unpaired) electrons. The van der Waals surface area contributed by atoms with Gasteiger partial charge in [0.1, 0.15) is 0 Å². The van der Waals surface area contributed by atoms with Crippen LogP contribution >= 0.6 is 0 Å². The minimum atomic E-state index is -4.56. The van der Waals surface area contributed by atoms with Gasteiger partial charge in [0.15, 0.2) is 0 Å². The number of anilines is 1. The predicted molar refractivity (Wildman–Crippen MR) is 90.5 cm³/mol. The van der Waals surface area contributed by atoms with Gasteiger partial charge in [-0.05, 0) is 42.0 Å². The van der Waals surface area contributed by atoms with Gasteiger partial charge in [-0.3, -0.25) is 0 Å². The van der Waals surface area contributed by atoms with Gasteiger partial charge >= 0.3 is 5.76 Å². The van der Waals surface area contributed by atoms with Crippen molar-refractivity contribution >= 4 is 15.5 Å². The largest absolute Gasteiger partial charge is 0.381 e. The smallest absolute Gasteiger partial charge is 0.341 e. The number of halogens is 2. The molecule has 0 aliphatic carbocycles. The zero-order valence-corrected chi connectivity index (χ0v) is 13.8. The first kappa shape index (κ1) is 17.1. The summed E-state index contributed by atoms with van der Waals surface area (Å²) in [5.74, 6) is -3.42. The summed E-state index contributed by atoms with van der Waals surface area (Å²) >= 11 is 0. The highest BCUT2D eigenvalue weighted by Crippen LogP contribution is 2.20. The molecule has 0 spiro atoms. The number of sulfone groups is 1. The van der Waals surface area contributed by atoms with Crippen molar-refractivity contribution in [3.8, 4) is 5.69 Å². The van der Waals surface area contributed by atoms with Crippen LogP contribution in [-0.4, -0.2) is 23.7 Å². The van der Waals surface area contributed by atoms with Crippen LogP contribution in [0, 0.1) is 0 Å². The second-order valence-corrected chi connectivity index (χ2v) is 7.24. The van der Waals surface area contributed by atoms with Gasteiger partial charge in [0.05, 0.1) is 11.2 Å². The summed E-state index contributed by atoms with van der Waals surface area (Å²) < 4.78 is 49.6. The molecule has 0 bridgehead atoms. The Morgan fingerprint density at radius 1 is 1.04 bits per heavy atom. The third-order valence-corrected chi connectivity index (χ3v) is 5.05. The fourth-order valence-electron chi connectivity index (χ4n) is 2.27. The van der Waals surface area contributed by atoms with Crippen molar-refractivity contribution in [2.75, 3.05) is 5.32 Å². The highest BCUT2D eigenvalue weighted by atomic mass is 32.2. The first-order valence-corrected chi connectivity index (χ1v) is 8.95. The molecule has 1 aromatic heterocycles. The van der Waals surface area contributed by atoms with Crippen LogP contribution in [-0.2, 0) is 16.4 Å². The van der Waals surface area contributed by atoms with Crippen LogP contribution in [0.5, 0.6) is 0 Å². The number of imidazole rings is 1. The standard InChI is InChI=1S/C17H15F2N3O2S/c18-17(19)25(23,24)16-7-3-14(4-8-16)21-11-13-1-5-15(6-2-13)22-10-9-20-12-22/h1-10,12,17,21H,11H2. The van der Waals surface area contributed by atoms with Crippen molar-refractivity contribution in [2.45, 2.75) is 17.2 Å². The number of nitrogens with one attached hydrogen (secondary N) is 1. The van der Waals surface area contributed by atoms with E-state index >= 15 is 0 Å². The van der Waals surface area contributed by atoms with Crippen LogP contribution in [0.15, 0.2) is 72.1 Å². The van der Waals surface area contributed by atoms with E-state index in [-0.39, 0.29) is 0 Å². The Hall–Kier alpha value is -2.74. The summed E-state index contributed by atoms with van der Waals surface area (Å²) in [5.41, 5.74) is 2.66. The van der Waals surface area contributed by atoms with Gasteiger partial charge in [-0.1, -0.05) is 12.1 Å². The number of aromatic nitrogens is 2. The fourth-order valence-corrected chi connectivity index (χ4v) is 2.99. The van der Waals surface area contributed by atoms with E-state index in [1.807, 2.05) is 35.0 Å². The molecule has 0 aliphatic rings. The number of nitrogens with zero attached hydrogens (tertiary/aromatic N) is 2. The first-order chi connectivity index (χ1) is 12.0. The third kappa shape index (κ3) is 3.85. The van der Waals surface area contributed by atoms with E-state index in [1.165, 1.54) is 24.3 Å². The van der Waals surface area contributed by atoms with E-state index in [0.717, 1.165) is 11.3 Å². The molecular weight excluding hydrogens is 348 g/mol. The van der Waals surface area contributed by atoms with Crippen molar-refractivity contribution in [3.63, 3.8) is 0 Å². The zero-order valence-electron chi connectivity index (χ0n) is 13.0. The second kappa shape index (κ2) is 7.02. The maximum Gasteiger partial charge on any atom is 0.341 e. The molecule has 0 aliphatic heterocycles. The molecule has 0 saturated heterocycles. The van der Waals surface area contributed by atoms with Crippen molar-refractivity contribution in [1.29, 1.82) is 0 Å². The highest BCUT2D eigenvalue weighted by molar-refractivity contribution is 7.91. The normalized spacial score (nSPS) is 11.6. The lowest BCUT2D eigenvalue weighted by Gasteiger charge is -2.09. The molecule has 0 atom stereocenters. The Morgan fingerprint density at radius 2 is 1.72 bits per heavy atom. The van der Waals surface area contributed by atoms with Crippen molar-refractivity contribution in [1.82, 2.24) is 9.55 Å². The average molecular weight is 363 g/mol. The Kier molecular flexibility index (Phi) is 4.80. The Morgan fingerprint density at radius 3 is 2.28 bits per heavy atom. The van der Waals surface area contributed by atoms with Crippen LogP contribution in [0.25, 0.3) is 5.69 Å². The van der Waals surface area contributed by atoms with Crippen LogP contribution in [0.3, 0.4) is 0 Å². The second-order valence-electron chi connectivity index (χ2n) is 5.32. The Bertz CT molecular complexity index is 923. The molecule has 0 saturated carbocycles. The quantitative estimate of drug-likeness (QED) is 0.728. The van der Waals surface area contributed by atoms with Gasteiger partial charge < -0.3 is 9.88 Å². The molecule has 8 heteroatoms. The summed E-state index contributed by atoms with van der Waals surface area (Å²) in [6.45, 7) is 0.519. The van der Waals surface area contributed by atoms with Gasteiger partial charge in [0.25, 0.3) is 0 Å². The van der Waals surface area contributed by atoms with Gasteiger partial charge in [0, 0.05) is 30.3 Å². The molecule has 5 nitrogen and oxygen atoms in total. The topological polar surface area (TPSA) is 64.0 Å². The lowest BCUT2D eigenvalue weighted by molar-refractivity contribution is 0.234. The lowest BCUT2D eigenvalue weighted by Crippen LogP contribution is -2.11. The molecule has 3 aromatic rings. The molecule has 25 heavy (non-hydrogen) atoms. The predicted octanol–water partition coefficient (Wildman–Crippen LogP) is 3.48. The zero-order chi connectivity index (χ0) is 17.9. The molecule has 130 valence electrons. The van der Waals surface area contributed by atoms with E-state index < -0.39 is 20.5 Å². The van der Waals surface area contributed by atoms with Gasteiger partial charge in [-0.15, -0.1) is 0 Å². The lowest BCUT2D eigenvalue weighted by atomic mass is 10.2. The fraction of sp³-hybridized carbons (Fsp3) is 0.118. The summed E-state index contributed by atoms with van der Waals surface area (Å²) in [7, 11) is -4.56. The van der Waals surface area contributed by atoms with Gasteiger partial charge in [0.2, 0.25) is 9.84 Å². The van der Waals surface area contributed by atoms with Crippen LogP contribution < -0.4 is 5.32 Å². The monoisotopic (exact) mass is 363 g/mol. The minimum absolute atomic E-state index is 0.391. The van der Waals surface area contributed by atoms with Crippen molar-refractivity contribution in [3.05, 3.63) is 72.8 Å². The van der Waals surface area contributed by atoms with Crippen molar-refractivity contribution in [2.24, 2.45) is 0 Å². The van der Waals surface area contributed by atoms with Gasteiger partial charge in [-0.2, -0.15) is 8.78 Å². The summed E-state index contributed by atoms with van der Waals surface area (Å²) in [6.07, 6.45) is 5.26. The highest BCUT2D eigenvalue weighted by Gasteiger charge is 2.26. The van der Waals surface area contributed by atoms with E-state index in [9.17, 15) is 17.2 Å². The summed E-state index contributed by atoms with van der Waals surface area (Å²) in [6, 6.07) is 13.1. The average Bonchev–Trinajstić information content (AvgIpc) is 3.15. The number of alkyl halides is 2. The van der Waals surface area contributed by atoms with E-state index in [1.54, 1.807) is 12.5 Å². The molecule has 3 rings (SSSR count). The number of rotatable bonds is 6. The number of hydrogen-bond donors (Lipinski definition) is 1. The first-order valence-electron chi connectivity index (χ1n) is 7.40. The summed E-state index contributed by atoms with van der Waals surface area (Å²) in [5, 5.41) is 3.12. The van der Waals surface area contributed by atoms with E-state index in [0.29, 0.717) is 12.2 Å². The summed E-state index contributed by atoms with van der Waals surface area (Å²) in [4.78, 5) is 3.60. The molecule has 0 unspecified atom stereocenters. The minimum Gasteiger partial charge on any atom is -0.381 e. The molecule has 0 fully saturated rings. The van der Waals surface area contributed by atoms with Crippen LogP contribution in [0.2, 0.25) is 0 Å². The molecular formula is C17H15F2N3O2S. The van der Waals surface area contributed by atoms with Crippen LogP contribution in [0.1, 0.15) is 5.56 Å². The Labute approximate surface area is 143 Å². The molecule has 0 amide bonds. The third-order valence-electron chi connectivity index (χ3n) is 3.65. The molecule has 1 heterocycles. The van der Waals surface area contributed by atoms with Crippen molar-refractivity contribution < 1.29 is 17.2 Å². The van der Waals surface area contributed by atoms with Gasteiger partial charge in [-0.25, -0.2) is 13.4 Å².